The number of halogens is 1. The van der Waals surface area contributed by atoms with Gasteiger partial charge in [0.1, 0.15) is 0 Å². The monoisotopic (exact) mass is 289 g/mol. The van der Waals surface area contributed by atoms with E-state index in [2.05, 4.69) is 15.9 Å². The minimum atomic E-state index is 0.337. The van der Waals surface area contributed by atoms with E-state index >= 15 is 0 Å². The fourth-order valence-electron chi connectivity index (χ4n) is 1.69. The van der Waals surface area contributed by atoms with Gasteiger partial charge in [0, 0.05) is 15.6 Å². The first-order valence-electron chi connectivity index (χ1n) is 4.93. The van der Waals surface area contributed by atoms with E-state index in [0.29, 0.717) is 12.4 Å². The Morgan fingerprint density at radius 3 is 2.38 bits per heavy atom. The van der Waals surface area contributed by atoms with Crippen LogP contribution in [0.3, 0.4) is 0 Å². The zero-order valence-corrected chi connectivity index (χ0v) is 11.3. The molecule has 0 spiro atoms. The molecule has 0 aliphatic rings. The molecular weight excluding hydrogens is 274 g/mol. The van der Waals surface area contributed by atoms with Gasteiger partial charge in [0.05, 0.1) is 20.8 Å². The van der Waals surface area contributed by atoms with Gasteiger partial charge in [-0.2, -0.15) is 0 Å². The van der Waals surface area contributed by atoms with Crippen LogP contribution in [0, 0.1) is 0 Å². The Labute approximate surface area is 104 Å². The molecule has 0 aliphatic heterocycles. The Bertz CT molecular complexity index is 369. The zero-order chi connectivity index (χ0) is 12.1. The van der Waals surface area contributed by atoms with Crippen molar-refractivity contribution >= 4 is 15.9 Å². The molecule has 0 amide bonds. The highest BCUT2D eigenvalue weighted by Crippen LogP contribution is 2.38. The summed E-state index contributed by atoms with van der Waals surface area (Å²) >= 11 is 3.47. The van der Waals surface area contributed by atoms with E-state index in [1.807, 2.05) is 13.0 Å². The molecule has 16 heavy (non-hydrogen) atoms. The van der Waals surface area contributed by atoms with Crippen LogP contribution >= 0.6 is 15.9 Å². The standard InChI is InChI=1S/C11H16BrNO3/c1-4-7-8(6-16-13)9(12)5-10(14-2)11(7)15-3/h5H,4,6,13H2,1-3H3. The Balaban J connectivity index is 3.38. The summed E-state index contributed by atoms with van der Waals surface area (Å²) in [6.45, 7) is 2.38. The van der Waals surface area contributed by atoms with Gasteiger partial charge in [0.25, 0.3) is 0 Å². The molecule has 0 heterocycles. The molecular formula is C11H16BrNO3. The third-order valence-electron chi connectivity index (χ3n) is 2.41. The number of hydrogen-bond donors (Lipinski definition) is 1. The van der Waals surface area contributed by atoms with Gasteiger partial charge in [0.2, 0.25) is 0 Å². The molecule has 0 aliphatic carbocycles. The number of hydrogen-bond acceptors (Lipinski definition) is 4. The van der Waals surface area contributed by atoms with E-state index in [9.17, 15) is 0 Å². The van der Waals surface area contributed by atoms with Crippen LogP contribution in [-0.4, -0.2) is 14.2 Å². The van der Waals surface area contributed by atoms with E-state index in [1.165, 1.54) is 0 Å². The van der Waals surface area contributed by atoms with Crippen molar-refractivity contribution in [1.82, 2.24) is 0 Å². The Morgan fingerprint density at radius 2 is 1.94 bits per heavy atom. The maximum Gasteiger partial charge on any atom is 0.164 e. The fraction of sp³-hybridized carbons (Fsp3) is 0.455. The summed E-state index contributed by atoms with van der Waals surface area (Å²) in [5.74, 6) is 6.56. The van der Waals surface area contributed by atoms with Gasteiger partial charge in [-0.05, 0) is 12.5 Å². The lowest BCUT2D eigenvalue weighted by molar-refractivity contribution is 0.123. The van der Waals surface area contributed by atoms with Gasteiger partial charge in [-0.1, -0.05) is 22.9 Å². The van der Waals surface area contributed by atoms with Gasteiger partial charge < -0.3 is 9.47 Å². The van der Waals surface area contributed by atoms with Crippen LogP contribution in [0.25, 0.3) is 0 Å². The molecule has 5 heteroatoms. The lowest BCUT2D eigenvalue weighted by atomic mass is 10.0. The summed E-state index contributed by atoms with van der Waals surface area (Å²) in [6, 6.07) is 1.85. The predicted molar refractivity (Wildman–Crippen MR) is 65.6 cm³/mol. The quantitative estimate of drug-likeness (QED) is 0.846. The summed E-state index contributed by atoms with van der Waals surface area (Å²) in [5, 5.41) is 0. The van der Waals surface area contributed by atoms with Gasteiger partial charge in [-0.3, -0.25) is 4.84 Å². The minimum absolute atomic E-state index is 0.337. The molecule has 0 atom stereocenters. The smallest absolute Gasteiger partial charge is 0.164 e. The van der Waals surface area contributed by atoms with E-state index in [0.717, 1.165) is 27.8 Å². The van der Waals surface area contributed by atoms with Crippen LogP contribution in [0.15, 0.2) is 10.5 Å². The van der Waals surface area contributed by atoms with Crippen molar-refractivity contribution in [2.24, 2.45) is 5.90 Å². The van der Waals surface area contributed by atoms with E-state index in [4.69, 9.17) is 20.2 Å². The van der Waals surface area contributed by atoms with E-state index < -0.39 is 0 Å². The molecule has 1 aromatic carbocycles. The number of rotatable bonds is 5. The molecule has 1 rings (SSSR count). The molecule has 90 valence electrons. The lowest BCUT2D eigenvalue weighted by Gasteiger charge is -2.17. The van der Waals surface area contributed by atoms with Crippen LogP contribution in [0.1, 0.15) is 18.1 Å². The summed E-state index contributed by atoms with van der Waals surface area (Å²) in [5.41, 5.74) is 2.03. The average Bonchev–Trinajstić information content (AvgIpc) is 2.30. The van der Waals surface area contributed by atoms with Crippen molar-refractivity contribution in [2.75, 3.05) is 14.2 Å². The highest BCUT2D eigenvalue weighted by molar-refractivity contribution is 9.10. The Morgan fingerprint density at radius 1 is 1.25 bits per heavy atom. The van der Waals surface area contributed by atoms with E-state index in [1.54, 1.807) is 14.2 Å². The summed E-state index contributed by atoms with van der Waals surface area (Å²) in [4.78, 5) is 4.70. The molecule has 0 unspecified atom stereocenters. The fourth-order valence-corrected chi connectivity index (χ4v) is 2.25. The molecule has 0 radical (unpaired) electrons. The number of benzene rings is 1. The summed E-state index contributed by atoms with van der Waals surface area (Å²) in [6.07, 6.45) is 0.817. The van der Waals surface area contributed by atoms with Gasteiger partial charge in [-0.25, -0.2) is 5.90 Å². The number of nitrogens with two attached hydrogens (primary N) is 1. The molecule has 0 saturated carbocycles. The maximum atomic E-state index is 5.36. The van der Waals surface area contributed by atoms with Crippen molar-refractivity contribution < 1.29 is 14.3 Å². The summed E-state index contributed by atoms with van der Waals surface area (Å²) in [7, 11) is 3.24. The third kappa shape index (κ3) is 2.48. The largest absolute Gasteiger partial charge is 0.493 e. The van der Waals surface area contributed by atoms with Crippen molar-refractivity contribution in [3.05, 3.63) is 21.7 Å². The first kappa shape index (κ1) is 13.3. The average molecular weight is 290 g/mol. The van der Waals surface area contributed by atoms with Crippen LogP contribution < -0.4 is 15.4 Å². The Hall–Kier alpha value is -0.780. The second-order valence-electron chi connectivity index (χ2n) is 3.22. The van der Waals surface area contributed by atoms with Crippen LogP contribution in [0.5, 0.6) is 11.5 Å². The first-order chi connectivity index (χ1) is 7.69. The molecule has 1 aromatic rings. The SMILES string of the molecule is CCc1c(CON)c(Br)cc(OC)c1OC. The second kappa shape index (κ2) is 6.08. The van der Waals surface area contributed by atoms with Crippen molar-refractivity contribution in [3.63, 3.8) is 0 Å². The number of ether oxygens (including phenoxy) is 2. The first-order valence-corrected chi connectivity index (χ1v) is 5.72. The van der Waals surface area contributed by atoms with Crippen molar-refractivity contribution in [2.45, 2.75) is 20.0 Å². The van der Waals surface area contributed by atoms with Crippen LogP contribution in [0.2, 0.25) is 0 Å². The van der Waals surface area contributed by atoms with Gasteiger partial charge in [0.15, 0.2) is 11.5 Å². The van der Waals surface area contributed by atoms with Crippen molar-refractivity contribution in [3.8, 4) is 11.5 Å². The highest BCUT2D eigenvalue weighted by atomic mass is 79.9. The second-order valence-corrected chi connectivity index (χ2v) is 4.07. The zero-order valence-electron chi connectivity index (χ0n) is 9.67. The lowest BCUT2D eigenvalue weighted by Crippen LogP contribution is -2.06. The van der Waals surface area contributed by atoms with E-state index in [-0.39, 0.29) is 0 Å². The Kier molecular flexibility index (Phi) is 5.05. The minimum Gasteiger partial charge on any atom is -0.493 e. The molecule has 4 nitrogen and oxygen atoms in total. The molecule has 2 N–H and O–H groups in total. The maximum absolute atomic E-state index is 5.36. The topological polar surface area (TPSA) is 53.7 Å². The molecule has 0 bridgehead atoms. The van der Waals surface area contributed by atoms with Crippen LogP contribution in [0.4, 0.5) is 0 Å². The third-order valence-corrected chi connectivity index (χ3v) is 3.12. The van der Waals surface area contributed by atoms with Gasteiger partial charge >= 0.3 is 0 Å². The van der Waals surface area contributed by atoms with Gasteiger partial charge in [-0.15, -0.1) is 0 Å². The normalized spacial score (nSPS) is 10.3. The molecule has 0 saturated heterocycles. The molecule has 0 fully saturated rings. The van der Waals surface area contributed by atoms with Crippen molar-refractivity contribution in [1.29, 1.82) is 0 Å². The van der Waals surface area contributed by atoms with Crippen LogP contribution in [-0.2, 0) is 17.9 Å². The highest BCUT2D eigenvalue weighted by Gasteiger charge is 2.17. The molecule has 0 aromatic heterocycles. The number of methoxy groups -OCH3 is 2. The predicted octanol–water partition coefficient (Wildman–Crippen LogP) is 2.42. The summed E-state index contributed by atoms with van der Waals surface area (Å²) < 4.78 is 11.5.